The van der Waals surface area contributed by atoms with E-state index in [1.807, 2.05) is 17.5 Å². The summed E-state index contributed by atoms with van der Waals surface area (Å²) in [6, 6.07) is 9.18. The fourth-order valence-corrected chi connectivity index (χ4v) is 4.17. The summed E-state index contributed by atoms with van der Waals surface area (Å²) in [6.45, 7) is 1.11. The highest BCUT2D eigenvalue weighted by Gasteiger charge is 2.22. The summed E-state index contributed by atoms with van der Waals surface area (Å²) in [6.07, 6.45) is 0. The Morgan fingerprint density at radius 3 is 2.79 bits per heavy atom. The number of nitrogens with zero attached hydrogens (tertiary/aromatic N) is 4. The van der Waals surface area contributed by atoms with Crippen LogP contribution in [0.4, 0.5) is 11.4 Å². The van der Waals surface area contributed by atoms with Gasteiger partial charge in [0.15, 0.2) is 12.3 Å². The molecule has 33 heavy (non-hydrogen) atoms. The van der Waals surface area contributed by atoms with Gasteiger partial charge in [-0.05, 0) is 36.6 Å². The first-order valence-electron chi connectivity index (χ1n) is 9.53. The number of ether oxygens (including phenoxy) is 1. The number of hydrogen-bond acceptors (Lipinski definition) is 8. The van der Waals surface area contributed by atoms with E-state index in [0.29, 0.717) is 22.4 Å². The molecule has 10 nitrogen and oxygen atoms in total. The molecular weight excluding hydrogens is 470 g/mol. The molecule has 0 unspecified atom stereocenters. The molecule has 0 aliphatic rings. The number of fused-ring (bicyclic) bond motifs is 1. The molecule has 1 aromatic carbocycles. The first kappa shape index (κ1) is 22.4. The average Bonchev–Trinajstić information content (AvgIpc) is 3.41. The third-order valence-electron chi connectivity index (χ3n) is 4.73. The van der Waals surface area contributed by atoms with E-state index in [1.54, 1.807) is 24.7 Å². The van der Waals surface area contributed by atoms with Crippen molar-refractivity contribution in [3.8, 4) is 10.6 Å². The van der Waals surface area contributed by atoms with Crippen molar-refractivity contribution in [3.63, 3.8) is 0 Å². The fraction of sp³-hybridized carbons (Fsp3) is 0.143. The molecule has 3 aromatic heterocycles. The summed E-state index contributed by atoms with van der Waals surface area (Å²) >= 11 is 7.25. The highest BCUT2D eigenvalue weighted by Crippen LogP contribution is 2.30. The number of nitro benzene ring substituents is 1. The number of rotatable bonds is 6. The number of aryl methyl sites for hydroxylation is 2. The third kappa shape index (κ3) is 4.54. The highest BCUT2D eigenvalue weighted by molar-refractivity contribution is 7.13. The monoisotopic (exact) mass is 485 g/mol. The van der Waals surface area contributed by atoms with Crippen LogP contribution in [0.25, 0.3) is 21.6 Å². The van der Waals surface area contributed by atoms with Crippen LogP contribution in [0.2, 0.25) is 5.02 Å². The first-order chi connectivity index (χ1) is 15.7. The molecule has 0 bridgehead atoms. The van der Waals surface area contributed by atoms with Gasteiger partial charge in [0.2, 0.25) is 0 Å². The number of nitro groups is 1. The number of nitrogens with one attached hydrogen (secondary N) is 1. The van der Waals surface area contributed by atoms with Crippen molar-refractivity contribution < 1.29 is 19.2 Å². The van der Waals surface area contributed by atoms with Gasteiger partial charge in [0.25, 0.3) is 11.6 Å². The van der Waals surface area contributed by atoms with E-state index in [4.69, 9.17) is 16.3 Å². The second-order valence-electron chi connectivity index (χ2n) is 6.98. The van der Waals surface area contributed by atoms with E-state index in [0.717, 1.165) is 10.9 Å². The molecule has 12 heteroatoms. The van der Waals surface area contributed by atoms with Gasteiger partial charge in [-0.15, -0.1) is 11.3 Å². The molecular formula is C21H16ClN5O5S. The second-order valence-corrected chi connectivity index (χ2v) is 8.37. The number of carbonyl (C=O) groups is 2. The number of hydrogen-bond donors (Lipinski definition) is 1. The number of aromatic nitrogens is 3. The van der Waals surface area contributed by atoms with Crippen molar-refractivity contribution in [3.05, 3.63) is 68.2 Å². The van der Waals surface area contributed by atoms with E-state index in [9.17, 15) is 19.7 Å². The van der Waals surface area contributed by atoms with Gasteiger partial charge in [0.1, 0.15) is 5.69 Å². The van der Waals surface area contributed by atoms with E-state index in [-0.39, 0.29) is 22.0 Å². The van der Waals surface area contributed by atoms with Gasteiger partial charge in [0, 0.05) is 18.1 Å². The number of amides is 1. The van der Waals surface area contributed by atoms with Gasteiger partial charge in [-0.2, -0.15) is 5.10 Å². The Hall–Kier alpha value is -3.83. The lowest BCUT2D eigenvalue weighted by Crippen LogP contribution is -2.21. The molecule has 3 heterocycles. The number of carbonyl (C=O) groups excluding carboxylic acids is 2. The quantitative estimate of drug-likeness (QED) is 0.244. The number of pyridine rings is 1. The van der Waals surface area contributed by atoms with Crippen molar-refractivity contribution in [1.82, 2.24) is 14.8 Å². The van der Waals surface area contributed by atoms with Gasteiger partial charge >= 0.3 is 5.97 Å². The maximum atomic E-state index is 12.9. The van der Waals surface area contributed by atoms with Crippen LogP contribution >= 0.6 is 22.9 Å². The summed E-state index contributed by atoms with van der Waals surface area (Å²) in [5.74, 6) is -1.47. The van der Waals surface area contributed by atoms with Gasteiger partial charge in [-0.1, -0.05) is 17.7 Å². The lowest BCUT2D eigenvalue weighted by Gasteiger charge is -2.09. The summed E-state index contributed by atoms with van der Waals surface area (Å²) in [4.78, 5) is 41.3. The van der Waals surface area contributed by atoms with Gasteiger partial charge in [0.05, 0.1) is 32.1 Å². The van der Waals surface area contributed by atoms with Gasteiger partial charge in [-0.3, -0.25) is 19.6 Å². The molecule has 1 amide bonds. The van der Waals surface area contributed by atoms with Crippen LogP contribution in [0.3, 0.4) is 0 Å². The molecule has 4 rings (SSSR count). The minimum Gasteiger partial charge on any atom is -0.452 e. The average molecular weight is 486 g/mol. The second kappa shape index (κ2) is 8.96. The predicted octanol–water partition coefficient (Wildman–Crippen LogP) is 4.36. The molecule has 0 radical (unpaired) electrons. The minimum atomic E-state index is -0.739. The van der Waals surface area contributed by atoms with Crippen molar-refractivity contribution in [2.45, 2.75) is 6.92 Å². The Morgan fingerprint density at radius 2 is 2.09 bits per heavy atom. The molecule has 0 aliphatic carbocycles. The van der Waals surface area contributed by atoms with Crippen molar-refractivity contribution in [2.24, 2.45) is 7.05 Å². The lowest BCUT2D eigenvalue weighted by molar-refractivity contribution is -0.383. The number of halogens is 1. The molecule has 0 fully saturated rings. The predicted molar refractivity (Wildman–Crippen MR) is 124 cm³/mol. The Bertz CT molecular complexity index is 1400. The van der Waals surface area contributed by atoms with E-state index in [1.165, 1.54) is 23.5 Å². The van der Waals surface area contributed by atoms with Crippen LogP contribution in [0.1, 0.15) is 16.1 Å². The largest absolute Gasteiger partial charge is 0.452 e. The van der Waals surface area contributed by atoms with Crippen LogP contribution in [0.15, 0.2) is 41.8 Å². The fourth-order valence-electron chi connectivity index (χ4n) is 3.31. The summed E-state index contributed by atoms with van der Waals surface area (Å²) in [7, 11) is 1.72. The number of benzene rings is 1. The van der Waals surface area contributed by atoms with Gasteiger partial charge in [-0.25, -0.2) is 9.78 Å². The molecule has 0 atom stereocenters. The summed E-state index contributed by atoms with van der Waals surface area (Å²) in [5.41, 5.74) is 1.47. The lowest BCUT2D eigenvalue weighted by atomic mass is 10.1. The zero-order valence-electron chi connectivity index (χ0n) is 17.4. The maximum Gasteiger partial charge on any atom is 0.339 e. The minimum absolute atomic E-state index is 0.0557. The zero-order valence-corrected chi connectivity index (χ0v) is 18.9. The molecule has 0 saturated heterocycles. The van der Waals surface area contributed by atoms with Crippen LogP contribution in [0, 0.1) is 17.0 Å². The first-order valence-corrected chi connectivity index (χ1v) is 10.8. The Balaban J connectivity index is 1.57. The Kier molecular flexibility index (Phi) is 6.07. The van der Waals surface area contributed by atoms with Crippen molar-refractivity contribution >= 4 is 57.2 Å². The highest BCUT2D eigenvalue weighted by atomic mass is 35.5. The normalized spacial score (nSPS) is 10.9. The smallest absolute Gasteiger partial charge is 0.339 e. The standard InChI is InChI=1S/C21H16ClN5O5S/c1-11-19-13(9-15(17-4-3-7-33-17)24-20(19)26(2)25-11)21(29)32-10-18(28)23-14-6-5-12(22)8-16(14)27(30)31/h3-9H,10H2,1-2H3,(H,23,28). The van der Waals surface area contributed by atoms with E-state index < -0.39 is 23.4 Å². The van der Waals surface area contributed by atoms with E-state index in [2.05, 4.69) is 15.4 Å². The molecule has 4 aromatic rings. The molecule has 0 aliphatic heterocycles. The van der Waals surface area contributed by atoms with Crippen LogP contribution in [0.5, 0.6) is 0 Å². The maximum absolute atomic E-state index is 12.9. The number of esters is 1. The topological polar surface area (TPSA) is 129 Å². The van der Waals surface area contributed by atoms with E-state index >= 15 is 0 Å². The summed E-state index contributed by atoms with van der Waals surface area (Å²) in [5, 5.41) is 20.5. The summed E-state index contributed by atoms with van der Waals surface area (Å²) < 4.78 is 6.80. The SMILES string of the molecule is Cc1nn(C)c2nc(-c3cccs3)cc(C(=O)OCC(=O)Nc3ccc(Cl)cc3[N+](=O)[O-])c12. The molecule has 1 N–H and O–H groups in total. The van der Waals surface area contributed by atoms with Crippen LogP contribution in [-0.4, -0.2) is 38.2 Å². The number of anilines is 1. The zero-order chi connectivity index (χ0) is 23.7. The van der Waals surface area contributed by atoms with Crippen LogP contribution in [-0.2, 0) is 16.6 Å². The Morgan fingerprint density at radius 1 is 1.30 bits per heavy atom. The van der Waals surface area contributed by atoms with Crippen molar-refractivity contribution in [2.75, 3.05) is 11.9 Å². The third-order valence-corrected chi connectivity index (χ3v) is 5.85. The van der Waals surface area contributed by atoms with Crippen LogP contribution < -0.4 is 5.32 Å². The molecule has 0 spiro atoms. The van der Waals surface area contributed by atoms with Crippen molar-refractivity contribution in [1.29, 1.82) is 0 Å². The van der Waals surface area contributed by atoms with Gasteiger partial charge < -0.3 is 10.1 Å². The Labute approximate surface area is 195 Å². The molecule has 168 valence electrons. The molecule has 0 saturated carbocycles. The number of thiophene rings is 1.